The van der Waals surface area contributed by atoms with Crippen molar-refractivity contribution in [1.82, 2.24) is 4.67 Å². The normalized spacial score (nSPS) is 13.1. The summed E-state index contributed by atoms with van der Waals surface area (Å²) in [7, 11) is -3.99. The molecule has 326 valence electrons. The molecule has 0 bridgehead atoms. The number of benzene rings is 1. The second-order valence-corrected chi connectivity index (χ2v) is 18.0. The number of alkyl halides is 2. The maximum atomic E-state index is 14.3. The summed E-state index contributed by atoms with van der Waals surface area (Å²) in [4.78, 5) is 25.7. The number of para-hydroxylation sites is 1. The average molecular weight is 849 g/mol. The lowest BCUT2D eigenvalue weighted by atomic mass is 10.0. The van der Waals surface area contributed by atoms with Gasteiger partial charge in [-0.05, 0) is 25.0 Å². The van der Waals surface area contributed by atoms with Gasteiger partial charge in [-0.2, -0.15) is 4.67 Å². The molecule has 0 radical (unpaired) electrons. The number of rotatable bonds is 41. The van der Waals surface area contributed by atoms with Crippen LogP contribution in [0.15, 0.2) is 30.3 Å². The van der Waals surface area contributed by atoms with Gasteiger partial charge in [-0.3, -0.25) is 14.1 Å². The lowest BCUT2D eigenvalue weighted by molar-refractivity contribution is -0.161. The Morgan fingerprint density at radius 2 is 0.964 bits per heavy atom. The first-order valence-corrected chi connectivity index (χ1v) is 25.2. The molecular weight excluding hydrogens is 768 g/mol. The Labute approximate surface area is 352 Å². The highest BCUT2D eigenvalue weighted by Gasteiger charge is 2.36. The Balaban J connectivity index is 2.60. The van der Waals surface area contributed by atoms with Crippen molar-refractivity contribution in [2.45, 2.75) is 200 Å². The van der Waals surface area contributed by atoms with Gasteiger partial charge in [0.15, 0.2) is 6.10 Å². The number of esters is 2. The summed E-state index contributed by atoms with van der Waals surface area (Å²) in [5.74, 6) is -0.0372. The fourth-order valence-corrected chi connectivity index (χ4v) is 9.11. The molecule has 1 aromatic rings. The number of carbonyl (C=O) groups is 2. The Hall–Kier alpha value is -1.31. The Morgan fingerprint density at radius 1 is 0.571 bits per heavy atom. The summed E-state index contributed by atoms with van der Waals surface area (Å²) in [5, 5.41) is 0. The number of ether oxygens (including phenoxy) is 2. The monoisotopic (exact) mass is 848 g/mol. The lowest BCUT2D eigenvalue weighted by Crippen LogP contribution is -2.33. The molecule has 2 atom stereocenters. The standard InChI is InChI=1S/C45H80Cl2NO7P/c1-3-5-7-9-11-13-15-17-19-21-23-25-30-34-44(49)52-40-43(54-45(50)35-31-26-24-22-20-18-16-14-12-10-8-6-4-2)41-53-56(51,48(38-36-46)39-37-47)55-42-32-28-27-29-33-42/h27-29,32-33,43H,3-26,30-31,34-41H2,1-2H3/t43-,56-/m0/s1. The third-order valence-electron chi connectivity index (χ3n) is 10.1. The quantitative estimate of drug-likeness (QED) is 0.0278. The Morgan fingerprint density at radius 3 is 1.38 bits per heavy atom. The van der Waals surface area contributed by atoms with E-state index in [9.17, 15) is 14.2 Å². The Bertz CT molecular complexity index is 1090. The van der Waals surface area contributed by atoms with Crippen molar-refractivity contribution < 1.29 is 32.7 Å². The van der Waals surface area contributed by atoms with E-state index in [1.165, 1.54) is 133 Å². The van der Waals surface area contributed by atoms with Gasteiger partial charge < -0.3 is 14.0 Å². The smallest absolute Gasteiger partial charge is 0.461 e. The van der Waals surface area contributed by atoms with Crippen molar-refractivity contribution in [2.75, 3.05) is 38.1 Å². The van der Waals surface area contributed by atoms with Crippen LogP contribution in [0.25, 0.3) is 0 Å². The molecule has 0 aliphatic heterocycles. The van der Waals surface area contributed by atoms with Gasteiger partial charge in [-0.15, -0.1) is 23.2 Å². The number of carbonyl (C=O) groups excluding carboxylic acids is 2. The first kappa shape index (κ1) is 52.7. The molecule has 11 heteroatoms. The molecule has 0 spiro atoms. The van der Waals surface area contributed by atoms with E-state index in [2.05, 4.69) is 13.8 Å². The van der Waals surface area contributed by atoms with Crippen LogP contribution in [0.3, 0.4) is 0 Å². The minimum atomic E-state index is -3.99. The fourth-order valence-electron chi connectivity index (χ4n) is 6.70. The summed E-state index contributed by atoms with van der Waals surface area (Å²) in [6.07, 6.45) is 31.4. The van der Waals surface area contributed by atoms with E-state index >= 15 is 0 Å². The van der Waals surface area contributed by atoms with Gasteiger partial charge in [0.05, 0.1) is 6.61 Å². The average Bonchev–Trinajstić information content (AvgIpc) is 3.19. The minimum absolute atomic E-state index is 0.177. The molecular formula is C45H80Cl2NO7P. The summed E-state index contributed by atoms with van der Waals surface area (Å²) >= 11 is 12.1. The molecule has 56 heavy (non-hydrogen) atoms. The molecule has 0 heterocycles. The van der Waals surface area contributed by atoms with Crippen LogP contribution in [0.2, 0.25) is 0 Å². The molecule has 0 N–H and O–H groups in total. The van der Waals surface area contributed by atoms with Crippen molar-refractivity contribution in [1.29, 1.82) is 0 Å². The van der Waals surface area contributed by atoms with Crippen LogP contribution in [-0.2, 0) is 28.2 Å². The molecule has 1 aromatic carbocycles. The number of halogens is 2. The summed E-state index contributed by atoms with van der Waals surface area (Å²) in [6, 6.07) is 8.73. The first-order valence-electron chi connectivity index (χ1n) is 22.6. The molecule has 0 saturated carbocycles. The topological polar surface area (TPSA) is 91.4 Å². The zero-order chi connectivity index (χ0) is 40.8. The zero-order valence-corrected chi connectivity index (χ0v) is 37.9. The van der Waals surface area contributed by atoms with Crippen molar-refractivity contribution in [3.05, 3.63) is 30.3 Å². The van der Waals surface area contributed by atoms with Gasteiger partial charge in [-0.1, -0.05) is 186 Å². The minimum Gasteiger partial charge on any atom is -0.462 e. The number of nitrogens with zero attached hydrogens (tertiary/aromatic N) is 1. The van der Waals surface area contributed by atoms with E-state index in [0.717, 1.165) is 38.5 Å². The van der Waals surface area contributed by atoms with Gasteiger partial charge in [0.2, 0.25) is 0 Å². The highest BCUT2D eigenvalue weighted by molar-refractivity contribution is 7.51. The highest BCUT2D eigenvalue weighted by atomic mass is 35.5. The van der Waals surface area contributed by atoms with E-state index in [4.69, 9.17) is 41.7 Å². The largest absolute Gasteiger partial charge is 0.462 e. The van der Waals surface area contributed by atoms with Crippen LogP contribution >= 0.6 is 30.9 Å². The predicted octanol–water partition coefficient (Wildman–Crippen LogP) is 14.4. The van der Waals surface area contributed by atoms with Crippen molar-refractivity contribution in [3.8, 4) is 5.75 Å². The maximum Gasteiger partial charge on any atom is 0.461 e. The van der Waals surface area contributed by atoms with Crippen molar-refractivity contribution in [2.24, 2.45) is 0 Å². The summed E-state index contributed by atoms with van der Waals surface area (Å²) in [6.45, 7) is 4.43. The number of unbranched alkanes of at least 4 members (excludes halogenated alkanes) is 24. The second kappa shape index (κ2) is 37.9. The molecule has 0 aromatic heterocycles. The molecule has 0 saturated heterocycles. The van der Waals surface area contributed by atoms with Crippen LogP contribution in [0.1, 0.15) is 194 Å². The second-order valence-electron chi connectivity index (χ2n) is 15.3. The van der Waals surface area contributed by atoms with E-state index in [1.54, 1.807) is 24.3 Å². The number of hydrogen-bond donors (Lipinski definition) is 0. The molecule has 8 nitrogen and oxygen atoms in total. The molecule has 0 aliphatic rings. The lowest BCUT2D eigenvalue weighted by Gasteiger charge is -2.30. The highest BCUT2D eigenvalue weighted by Crippen LogP contribution is 2.52. The van der Waals surface area contributed by atoms with E-state index in [0.29, 0.717) is 12.2 Å². The molecule has 0 aliphatic carbocycles. The van der Waals surface area contributed by atoms with Gasteiger partial charge >= 0.3 is 19.7 Å². The predicted molar refractivity (Wildman–Crippen MR) is 235 cm³/mol. The molecule has 0 fully saturated rings. The van der Waals surface area contributed by atoms with Gasteiger partial charge in [0.25, 0.3) is 0 Å². The zero-order valence-electron chi connectivity index (χ0n) is 35.5. The van der Waals surface area contributed by atoms with Crippen LogP contribution in [0, 0.1) is 0 Å². The van der Waals surface area contributed by atoms with Gasteiger partial charge in [0, 0.05) is 37.7 Å². The SMILES string of the molecule is CCCCCCCCCCCCCCCC(=O)OC[C@@H](CO[P@](=O)(Oc1ccccc1)N(CCCl)CCCl)OC(=O)CCCCCCCCCCCCCCC. The maximum absolute atomic E-state index is 14.3. The van der Waals surface area contributed by atoms with Crippen LogP contribution in [0.5, 0.6) is 5.75 Å². The molecule has 1 rings (SSSR count). The molecule has 0 amide bonds. The van der Waals surface area contributed by atoms with Crippen LogP contribution in [0.4, 0.5) is 0 Å². The summed E-state index contributed by atoms with van der Waals surface area (Å²) in [5.41, 5.74) is 0. The van der Waals surface area contributed by atoms with Crippen LogP contribution < -0.4 is 4.52 Å². The van der Waals surface area contributed by atoms with Crippen molar-refractivity contribution in [3.63, 3.8) is 0 Å². The molecule has 0 unspecified atom stereocenters. The fraction of sp³-hybridized carbons (Fsp3) is 0.822. The van der Waals surface area contributed by atoms with Gasteiger partial charge in [-0.25, -0.2) is 4.57 Å². The third-order valence-corrected chi connectivity index (χ3v) is 12.5. The number of hydrogen-bond acceptors (Lipinski definition) is 7. The Kier molecular flexibility index (Phi) is 35.7. The van der Waals surface area contributed by atoms with E-state index in [-0.39, 0.29) is 50.5 Å². The first-order chi connectivity index (χ1) is 27.4. The van der Waals surface area contributed by atoms with E-state index < -0.39 is 19.8 Å². The van der Waals surface area contributed by atoms with Crippen molar-refractivity contribution >= 4 is 42.9 Å². The van der Waals surface area contributed by atoms with Crippen LogP contribution in [-0.4, -0.2) is 60.8 Å². The summed E-state index contributed by atoms with van der Waals surface area (Å²) < 4.78 is 39.0. The van der Waals surface area contributed by atoms with Gasteiger partial charge in [0.1, 0.15) is 12.4 Å². The van der Waals surface area contributed by atoms with E-state index in [1.807, 2.05) is 6.07 Å². The third kappa shape index (κ3) is 29.8.